The highest BCUT2D eigenvalue weighted by molar-refractivity contribution is 5.81. The van der Waals surface area contributed by atoms with Gasteiger partial charge in [-0.15, -0.1) is 0 Å². The molecule has 4 heteroatoms. The zero-order chi connectivity index (χ0) is 10.5. The summed E-state index contributed by atoms with van der Waals surface area (Å²) < 4.78 is 16.8. The van der Waals surface area contributed by atoms with Crippen molar-refractivity contribution in [2.45, 2.75) is 31.3 Å². The number of hydrogen-bond donors (Lipinski definition) is 0. The van der Waals surface area contributed by atoms with E-state index in [0.717, 1.165) is 6.42 Å². The first-order valence-electron chi connectivity index (χ1n) is 5.33. The third-order valence-electron chi connectivity index (χ3n) is 3.42. The molecule has 0 aromatic carbocycles. The van der Waals surface area contributed by atoms with Gasteiger partial charge in [-0.2, -0.15) is 0 Å². The van der Waals surface area contributed by atoms with E-state index in [1.54, 1.807) is 6.92 Å². The standard InChI is InChI=1S/C11H14O4/c1-7(12)9-6-8-2-3-11(9,15-8)10-13-4-5-14-10/h2-3,8-10H,4-6H2,1H3/t8?,9-,11-/m0/s1. The Morgan fingerprint density at radius 1 is 1.40 bits per heavy atom. The van der Waals surface area contributed by atoms with Crippen molar-refractivity contribution in [1.82, 2.24) is 0 Å². The molecule has 0 N–H and O–H groups in total. The zero-order valence-corrected chi connectivity index (χ0v) is 8.64. The SMILES string of the molecule is CC(=O)[C@@H]1CC2C=C[C@]1(C1OCCO1)O2. The van der Waals surface area contributed by atoms with Crippen LogP contribution in [-0.4, -0.2) is 37.0 Å². The molecule has 2 saturated heterocycles. The smallest absolute Gasteiger partial charge is 0.191 e. The summed E-state index contributed by atoms with van der Waals surface area (Å²) in [6, 6.07) is 0. The number of fused-ring (bicyclic) bond motifs is 2. The van der Waals surface area contributed by atoms with Crippen LogP contribution in [0.5, 0.6) is 0 Å². The van der Waals surface area contributed by atoms with Crippen molar-refractivity contribution < 1.29 is 19.0 Å². The Hall–Kier alpha value is -0.710. The minimum atomic E-state index is -0.646. The Morgan fingerprint density at radius 2 is 2.13 bits per heavy atom. The van der Waals surface area contributed by atoms with Gasteiger partial charge < -0.3 is 14.2 Å². The van der Waals surface area contributed by atoms with Crippen LogP contribution in [0.15, 0.2) is 12.2 Å². The number of ketones is 1. The van der Waals surface area contributed by atoms with Gasteiger partial charge in [0.15, 0.2) is 6.29 Å². The molecule has 4 nitrogen and oxygen atoms in total. The van der Waals surface area contributed by atoms with Gasteiger partial charge in [0.05, 0.1) is 25.2 Å². The number of carbonyl (C=O) groups is 1. The lowest BCUT2D eigenvalue weighted by Crippen LogP contribution is -2.47. The number of Topliss-reactive ketones (excluding diaryl/α,β-unsaturated/α-hetero) is 1. The molecule has 3 rings (SSSR count). The summed E-state index contributed by atoms with van der Waals surface area (Å²) in [6.45, 7) is 2.77. The fourth-order valence-electron chi connectivity index (χ4n) is 2.74. The molecule has 0 spiro atoms. The second-order valence-corrected chi connectivity index (χ2v) is 4.34. The van der Waals surface area contributed by atoms with E-state index in [1.807, 2.05) is 12.2 Å². The Balaban J connectivity index is 1.93. The summed E-state index contributed by atoms with van der Waals surface area (Å²) in [5.74, 6) is 0.0385. The lowest BCUT2D eigenvalue weighted by Gasteiger charge is -2.32. The predicted molar refractivity (Wildman–Crippen MR) is 51.2 cm³/mol. The van der Waals surface area contributed by atoms with Crippen LogP contribution in [0.2, 0.25) is 0 Å². The minimum absolute atomic E-state index is 0.0618. The van der Waals surface area contributed by atoms with Crippen molar-refractivity contribution in [3.63, 3.8) is 0 Å². The Morgan fingerprint density at radius 3 is 2.73 bits per heavy atom. The summed E-state index contributed by atoms with van der Waals surface area (Å²) in [5.41, 5.74) is -0.646. The van der Waals surface area contributed by atoms with Crippen molar-refractivity contribution in [3.05, 3.63) is 12.2 Å². The Labute approximate surface area is 88.2 Å². The van der Waals surface area contributed by atoms with Gasteiger partial charge in [0, 0.05) is 0 Å². The monoisotopic (exact) mass is 210 g/mol. The average Bonchev–Trinajstić information content (AvgIpc) is 2.92. The van der Waals surface area contributed by atoms with Crippen LogP contribution < -0.4 is 0 Å². The maximum Gasteiger partial charge on any atom is 0.191 e. The quantitative estimate of drug-likeness (QED) is 0.628. The van der Waals surface area contributed by atoms with Crippen molar-refractivity contribution in [3.8, 4) is 0 Å². The Kier molecular flexibility index (Phi) is 1.99. The molecule has 3 aliphatic heterocycles. The fourth-order valence-corrected chi connectivity index (χ4v) is 2.74. The normalized spacial score (nSPS) is 44.1. The molecule has 1 unspecified atom stereocenters. The van der Waals surface area contributed by atoms with E-state index in [4.69, 9.17) is 14.2 Å². The molecule has 2 bridgehead atoms. The average molecular weight is 210 g/mol. The van der Waals surface area contributed by atoms with Crippen LogP contribution in [0, 0.1) is 5.92 Å². The van der Waals surface area contributed by atoms with Crippen LogP contribution in [-0.2, 0) is 19.0 Å². The topological polar surface area (TPSA) is 44.8 Å². The maximum absolute atomic E-state index is 11.6. The molecule has 0 aromatic rings. The molecule has 0 amide bonds. The van der Waals surface area contributed by atoms with Gasteiger partial charge in [0.2, 0.25) is 0 Å². The molecular weight excluding hydrogens is 196 g/mol. The van der Waals surface area contributed by atoms with E-state index in [2.05, 4.69) is 0 Å². The zero-order valence-electron chi connectivity index (χ0n) is 8.64. The summed E-state index contributed by atoms with van der Waals surface area (Å²) in [6.07, 6.45) is 4.37. The minimum Gasteiger partial charge on any atom is -0.357 e. The summed E-state index contributed by atoms with van der Waals surface area (Å²) in [5, 5.41) is 0. The van der Waals surface area contributed by atoms with Crippen LogP contribution in [0.3, 0.4) is 0 Å². The van der Waals surface area contributed by atoms with Crippen molar-refractivity contribution in [2.75, 3.05) is 13.2 Å². The third-order valence-corrected chi connectivity index (χ3v) is 3.42. The van der Waals surface area contributed by atoms with Gasteiger partial charge in [-0.25, -0.2) is 0 Å². The lowest BCUT2D eigenvalue weighted by molar-refractivity contribution is -0.179. The van der Waals surface area contributed by atoms with Gasteiger partial charge in [-0.3, -0.25) is 4.79 Å². The van der Waals surface area contributed by atoms with Gasteiger partial charge in [-0.1, -0.05) is 6.08 Å². The highest BCUT2D eigenvalue weighted by atomic mass is 16.7. The van der Waals surface area contributed by atoms with Gasteiger partial charge in [0.25, 0.3) is 0 Å². The highest BCUT2D eigenvalue weighted by Gasteiger charge is 2.58. The first kappa shape index (κ1) is 9.51. The molecule has 3 heterocycles. The number of carbonyl (C=O) groups excluding carboxylic acids is 1. The first-order valence-corrected chi connectivity index (χ1v) is 5.33. The largest absolute Gasteiger partial charge is 0.357 e. The molecule has 0 aromatic heterocycles. The van der Waals surface area contributed by atoms with E-state index in [1.165, 1.54) is 0 Å². The van der Waals surface area contributed by atoms with Crippen LogP contribution >= 0.6 is 0 Å². The van der Waals surface area contributed by atoms with Crippen molar-refractivity contribution in [1.29, 1.82) is 0 Å². The van der Waals surface area contributed by atoms with Gasteiger partial charge in [0.1, 0.15) is 11.4 Å². The number of hydrogen-bond acceptors (Lipinski definition) is 4. The molecular formula is C11H14O4. The lowest BCUT2D eigenvalue weighted by atomic mass is 9.80. The van der Waals surface area contributed by atoms with Gasteiger partial charge >= 0.3 is 0 Å². The van der Waals surface area contributed by atoms with Crippen LogP contribution in [0.1, 0.15) is 13.3 Å². The molecule has 15 heavy (non-hydrogen) atoms. The molecule has 3 aliphatic rings. The Bertz CT molecular complexity index is 319. The summed E-state index contributed by atoms with van der Waals surface area (Å²) in [7, 11) is 0. The van der Waals surface area contributed by atoms with Crippen LogP contribution in [0.4, 0.5) is 0 Å². The van der Waals surface area contributed by atoms with E-state index in [-0.39, 0.29) is 17.8 Å². The molecule has 3 atom stereocenters. The van der Waals surface area contributed by atoms with Gasteiger partial charge in [-0.05, 0) is 19.4 Å². The first-order chi connectivity index (χ1) is 7.22. The molecule has 0 aliphatic carbocycles. The summed E-state index contributed by atoms with van der Waals surface area (Å²) >= 11 is 0. The predicted octanol–water partition coefficient (Wildman–Crippen LogP) is 0.662. The maximum atomic E-state index is 11.6. The number of rotatable bonds is 2. The van der Waals surface area contributed by atoms with E-state index in [9.17, 15) is 4.79 Å². The third kappa shape index (κ3) is 1.22. The van der Waals surface area contributed by atoms with E-state index < -0.39 is 11.9 Å². The second-order valence-electron chi connectivity index (χ2n) is 4.34. The highest BCUT2D eigenvalue weighted by Crippen LogP contribution is 2.47. The molecule has 0 saturated carbocycles. The van der Waals surface area contributed by atoms with E-state index in [0.29, 0.717) is 13.2 Å². The van der Waals surface area contributed by atoms with Crippen molar-refractivity contribution in [2.24, 2.45) is 5.92 Å². The van der Waals surface area contributed by atoms with Crippen LogP contribution in [0.25, 0.3) is 0 Å². The molecule has 82 valence electrons. The van der Waals surface area contributed by atoms with E-state index >= 15 is 0 Å². The second kappa shape index (κ2) is 3.14. The van der Waals surface area contributed by atoms with Crippen molar-refractivity contribution >= 4 is 5.78 Å². The summed E-state index contributed by atoms with van der Waals surface area (Å²) in [4.78, 5) is 11.6. The molecule has 2 fully saturated rings. The number of ether oxygens (including phenoxy) is 3. The molecule has 0 radical (unpaired) electrons. The fraction of sp³-hybridized carbons (Fsp3) is 0.727.